The number of nitrogens with zero attached hydrogens (tertiary/aromatic N) is 2. The number of amides is 2. The van der Waals surface area contributed by atoms with Gasteiger partial charge >= 0.3 is 6.03 Å². The van der Waals surface area contributed by atoms with Crippen LogP contribution in [0.1, 0.15) is 24.8 Å². The summed E-state index contributed by atoms with van der Waals surface area (Å²) < 4.78 is 13.4. The first-order chi connectivity index (χ1) is 10.6. The zero-order valence-electron chi connectivity index (χ0n) is 13.1. The Balaban J connectivity index is 1.52. The Morgan fingerprint density at radius 3 is 2.77 bits per heavy atom. The van der Waals surface area contributed by atoms with E-state index in [2.05, 4.69) is 10.2 Å². The molecule has 2 heterocycles. The fourth-order valence-electron chi connectivity index (χ4n) is 3.51. The lowest BCUT2D eigenvalue weighted by Crippen LogP contribution is -2.34. The fraction of sp³-hybridized carbons (Fsp3) is 0.588. The van der Waals surface area contributed by atoms with E-state index < -0.39 is 0 Å². The average Bonchev–Trinajstić information content (AvgIpc) is 3.09. The summed E-state index contributed by atoms with van der Waals surface area (Å²) in [6.07, 6.45) is 3.66. The summed E-state index contributed by atoms with van der Waals surface area (Å²) in [6, 6.07) is 4.49. The fourth-order valence-corrected chi connectivity index (χ4v) is 3.51. The standard InChI is InChI=1S/C17H24FN3O/c1-13-8-15(18)10-16(9-13)19-17(22)21-7-4-14(12-21)11-20-5-2-3-6-20/h8-10,14H,2-7,11-12H2,1H3,(H,19,22)/t14-/m1/s1. The Kier molecular flexibility index (Phi) is 4.62. The lowest BCUT2D eigenvalue weighted by atomic mass is 10.1. The Morgan fingerprint density at radius 1 is 1.27 bits per heavy atom. The number of benzene rings is 1. The highest BCUT2D eigenvalue weighted by atomic mass is 19.1. The molecule has 5 heteroatoms. The number of carbonyl (C=O) groups excluding carboxylic acids is 1. The molecule has 0 bridgehead atoms. The molecule has 1 atom stereocenters. The smallest absolute Gasteiger partial charge is 0.321 e. The maximum atomic E-state index is 13.4. The quantitative estimate of drug-likeness (QED) is 0.931. The van der Waals surface area contributed by atoms with Gasteiger partial charge in [0, 0.05) is 25.3 Å². The van der Waals surface area contributed by atoms with Crippen LogP contribution < -0.4 is 5.32 Å². The van der Waals surface area contributed by atoms with Gasteiger partial charge in [0.25, 0.3) is 0 Å². The van der Waals surface area contributed by atoms with Gasteiger partial charge in [-0.15, -0.1) is 0 Å². The largest absolute Gasteiger partial charge is 0.324 e. The van der Waals surface area contributed by atoms with E-state index in [9.17, 15) is 9.18 Å². The van der Waals surface area contributed by atoms with Crippen molar-refractivity contribution in [3.63, 3.8) is 0 Å². The van der Waals surface area contributed by atoms with Crippen LogP contribution in [0.3, 0.4) is 0 Å². The van der Waals surface area contributed by atoms with Crippen molar-refractivity contribution in [2.24, 2.45) is 5.92 Å². The molecule has 2 fully saturated rings. The van der Waals surface area contributed by atoms with Crippen molar-refractivity contribution in [2.75, 3.05) is 38.0 Å². The molecule has 0 unspecified atom stereocenters. The van der Waals surface area contributed by atoms with E-state index in [0.29, 0.717) is 11.6 Å². The summed E-state index contributed by atoms with van der Waals surface area (Å²) in [5.41, 5.74) is 1.34. The molecular formula is C17H24FN3O. The van der Waals surface area contributed by atoms with Crippen molar-refractivity contribution in [3.8, 4) is 0 Å². The van der Waals surface area contributed by atoms with Crippen LogP contribution in [-0.4, -0.2) is 48.6 Å². The number of aryl methyl sites for hydroxylation is 1. The normalized spacial score (nSPS) is 22.3. The second-order valence-electron chi connectivity index (χ2n) is 6.56. The molecule has 2 saturated heterocycles. The van der Waals surface area contributed by atoms with Crippen molar-refractivity contribution in [2.45, 2.75) is 26.2 Å². The van der Waals surface area contributed by atoms with Gasteiger partial charge in [0.1, 0.15) is 5.82 Å². The van der Waals surface area contributed by atoms with Crippen molar-refractivity contribution >= 4 is 11.7 Å². The molecule has 1 N–H and O–H groups in total. The van der Waals surface area contributed by atoms with Crippen LogP contribution in [0.25, 0.3) is 0 Å². The number of hydrogen-bond donors (Lipinski definition) is 1. The van der Waals surface area contributed by atoms with E-state index in [1.54, 1.807) is 6.07 Å². The van der Waals surface area contributed by atoms with Crippen LogP contribution in [0.5, 0.6) is 0 Å². The van der Waals surface area contributed by atoms with Crippen LogP contribution in [0.15, 0.2) is 18.2 Å². The summed E-state index contributed by atoms with van der Waals surface area (Å²) in [4.78, 5) is 16.6. The first kappa shape index (κ1) is 15.3. The number of nitrogens with one attached hydrogen (secondary N) is 1. The van der Waals surface area contributed by atoms with Crippen LogP contribution in [0.4, 0.5) is 14.9 Å². The molecule has 0 radical (unpaired) electrons. The molecular weight excluding hydrogens is 281 g/mol. The maximum Gasteiger partial charge on any atom is 0.321 e. The van der Waals surface area contributed by atoms with Gasteiger partial charge in [-0.1, -0.05) is 0 Å². The number of anilines is 1. The van der Waals surface area contributed by atoms with E-state index >= 15 is 0 Å². The van der Waals surface area contributed by atoms with E-state index in [0.717, 1.165) is 31.6 Å². The van der Waals surface area contributed by atoms with E-state index in [1.165, 1.54) is 38.1 Å². The molecule has 4 nitrogen and oxygen atoms in total. The Labute approximate surface area is 131 Å². The summed E-state index contributed by atoms with van der Waals surface area (Å²) in [5, 5.41) is 2.81. The molecule has 0 aromatic heterocycles. The number of hydrogen-bond acceptors (Lipinski definition) is 2. The minimum Gasteiger partial charge on any atom is -0.324 e. The highest BCUT2D eigenvalue weighted by Crippen LogP contribution is 2.21. The Bertz CT molecular complexity index is 522. The van der Waals surface area contributed by atoms with E-state index in [-0.39, 0.29) is 11.8 Å². The van der Waals surface area contributed by atoms with Gasteiger partial charge in [-0.05, 0) is 69.0 Å². The van der Waals surface area contributed by atoms with Gasteiger partial charge in [-0.2, -0.15) is 0 Å². The van der Waals surface area contributed by atoms with Gasteiger partial charge in [0.05, 0.1) is 0 Å². The van der Waals surface area contributed by atoms with Crippen molar-refractivity contribution < 1.29 is 9.18 Å². The highest BCUT2D eigenvalue weighted by Gasteiger charge is 2.28. The molecule has 22 heavy (non-hydrogen) atoms. The molecule has 2 amide bonds. The monoisotopic (exact) mass is 305 g/mol. The van der Waals surface area contributed by atoms with Gasteiger partial charge in [-0.3, -0.25) is 0 Å². The zero-order valence-corrected chi connectivity index (χ0v) is 13.1. The third-order valence-electron chi connectivity index (χ3n) is 4.58. The molecule has 1 aromatic rings. The zero-order chi connectivity index (χ0) is 15.5. The van der Waals surface area contributed by atoms with Crippen LogP contribution >= 0.6 is 0 Å². The third kappa shape index (κ3) is 3.77. The highest BCUT2D eigenvalue weighted by molar-refractivity contribution is 5.89. The summed E-state index contributed by atoms with van der Waals surface area (Å²) in [6.45, 7) is 6.91. The summed E-state index contributed by atoms with van der Waals surface area (Å²) in [5.74, 6) is 0.252. The topological polar surface area (TPSA) is 35.6 Å². The molecule has 120 valence electrons. The first-order valence-electron chi connectivity index (χ1n) is 8.15. The second-order valence-corrected chi connectivity index (χ2v) is 6.56. The molecule has 2 aliphatic heterocycles. The predicted molar refractivity (Wildman–Crippen MR) is 85.5 cm³/mol. The number of likely N-dealkylation sites (tertiary alicyclic amines) is 2. The van der Waals surface area contributed by atoms with Crippen LogP contribution in [0.2, 0.25) is 0 Å². The van der Waals surface area contributed by atoms with Crippen molar-refractivity contribution in [3.05, 3.63) is 29.6 Å². The predicted octanol–water partition coefficient (Wildman–Crippen LogP) is 3.08. The minimum atomic E-state index is -0.316. The number of halogens is 1. The molecule has 0 spiro atoms. The number of carbonyl (C=O) groups is 1. The molecule has 1 aromatic carbocycles. The summed E-state index contributed by atoms with van der Waals surface area (Å²) in [7, 11) is 0. The maximum absolute atomic E-state index is 13.4. The Morgan fingerprint density at radius 2 is 2.05 bits per heavy atom. The number of rotatable bonds is 3. The third-order valence-corrected chi connectivity index (χ3v) is 4.58. The molecule has 0 aliphatic carbocycles. The Hall–Kier alpha value is -1.62. The lowest BCUT2D eigenvalue weighted by Gasteiger charge is -2.21. The molecule has 0 saturated carbocycles. The minimum absolute atomic E-state index is 0.117. The molecule has 2 aliphatic rings. The lowest BCUT2D eigenvalue weighted by molar-refractivity contribution is 0.217. The van der Waals surface area contributed by atoms with Crippen LogP contribution in [0, 0.1) is 18.7 Å². The summed E-state index contributed by atoms with van der Waals surface area (Å²) >= 11 is 0. The van der Waals surface area contributed by atoms with Crippen LogP contribution in [-0.2, 0) is 0 Å². The van der Waals surface area contributed by atoms with Crippen molar-refractivity contribution in [1.29, 1.82) is 0 Å². The second kappa shape index (κ2) is 6.65. The first-order valence-corrected chi connectivity index (χ1v) is 8.15. The van der Waals surface area contributed by atoms with Gasteiger partial charge in [-0.25, -0.2) is 9.18 Å². The molecule has 3 rings (SSSR count). The van der Waals surface area contributed by atoms with E-state index in [4.69, 9.17) is 0 Å². The van der Waals surface area contributed by atoms with Gasteiger partial charge in [0.2, 0.25) is 0 Å². The van der Waals surface area contributed by atoms with E-state index in [1.807, 2.05) is 11.8 Å². The van der Waals surface area contributed by atoms with Crippen molar-refractivity contribution in [1.82, 2.24) is 9.80 Å². The SMILES string of the molecule is Cc1cc(F)cc(NC(=O)N2CC[C@H](CN3CCCC3)C2)c1. The van der Waals surface area contributed by atoms with Gasteiger partial charge in [0.15, 0.2) is 0 Å². The average molecular weight is 305 g/mol. The number of urea groups is 1. The van der Waals surface area contributed by atoms with Gasteiger partial charge < -0.3 is 15.1 Å².